The van der Waals surface area contributed by atoms with Gasteiger partial charge < -0.3 is 53.4 Å². The van der Waals surface area contributed by atoms with Gasteiger partial charge in [-0.05, 0) is 30.2 Å². The molecule has 0 saturated carbocycles. The highest BCUT2D eigenvalue weighted by molar-refractivity contribution is 5.86. The molecule has 0 fully saturated rings. The van der Waals surface area contributed by atoms with Crippen LogP contribution in [0, 0.1) is 6.92 Å². The molecule has 0 unspecified atom stereocenters. The van der Waals surface area contributed by atoms with E-state index in [-0.39, 0.29) is 12.3 Å². The lowest BCUT2D eigenvalue weighted by Crippen LogP contribution is -2.30. The molecule has 0 aliphatic carbocycles. The number of rotatable bonds is 29. The van der Waals surface area contributed by atoms with E-state index in [1.807, 2.05) is 0 Å². The Morgan fingerprint density at radius 1 is 0.783 bits per heavy atom. The minimum absolute atomic E-state index is 0.0775. The number of fused-ring (bicyclic) bond motifs is 1. The van der Waals surface area contributed by atoms with E-state index in [0.717, 1.165) is 5.39 Å². The average Bonchev–Trinajstić information content (AvgIpc) is 3.04. The molecule has 1 heterocycles. The van der Waals surface area contributed by atoms with Gasteiger partial charge in [0.15, 0.2) is 0 Å². The van der Waals surface area contributed by atoms with Crippen LogP contribution in [0.1, 0.15) is 11.1 Å². The van der Waals surface area contributed by atoms with E-state index in [2.05, 4.69) is 15.3 Å². The van der Waals surface area contributed by atoms with Gasteiger partial charge in [0.25, 0.3) is 0 Å². The highest BCUT2D eigenvalue weighted by atomic mass is 16.6. The molecule has 1 aromatic heterocycles. The monoisotopic (exact) mass is 653 g/mol. The summed E-state index contributed by atoms with van der Waals surface area (Å²) in [6.07, 6.45) is -0.0775. The molecule has 0 aliphatic heterocycles. The van der Waals surface area contributed by atoms with Gasteiger partial charge in [-0.2, -0.15) is 0 Å². The first kappa shape index (κ1) is 38.9. The highest BCUT2D eigenvalue weighted by Gasteiger charge is 2.15. The SMILES string of the molecule is Cc1c(CC(=O)NCCOCCOCCOCCOCCOCCOCCOCCOCCN=[N+]=[N-])c(=O)oc2cc(N)ccc12. The fraction of sp³-hybridized carbons (Fsp3) is 0.667. The quantitative estimate of drug-likeness (QED) is 0.0322. The predicted octanol–water partition coefficient (Wildman–Crippen LogP) is 1.79. The normalized spacial score (nSPS) is 11.2. The second-order valence-corrected chi connectivity index (χ2v) is 9.63. The van der Waals surface area contributed by atoms with Crippen LogP contribution in [0.5, 0.6) is 0 Å². The molecule has 0 spiro atoms. The van der Waals surface area contributed by atoms with E-state index >= 15 is 0 Å². The van der Waals surface area contributed by atoms with Crippen LogP contribution in [-0.2, 0) is 49.1 Å². The summed E-state index contributed by atoms with van der Waals surface area (Å²) in [6.45, 7) is 9.42. The number of nitrogens with one attached hydrogen (secondary N) is 1. The van der Waals surface area contributed by atoms with Crippen LogP contribution in [0.2, 0.25) is 0 Å². The molecular weight excluding hydrogens is 606 g/mol. The number of carbonyl (C=O) groups is 1. The van der Waals surface area contributed by atoms with Crippen molar-refractivity contribution in [1.82, 2.24) is 5.32 Å². The number of anilines is 1. The van der Waals surface area contributed by atoms with Crippen molar-refractivity contribution in [3.63, 3.8) is 0 Å². The molecule has 0 aliphatic rings. The number of nitrogen functional groups attached to an aromatic ring is 1. The van der Waals surface area contributed by atoms with Gasteiger partial charge in [-0.3, -0.25) is 4.79 Å². The van der Waals surface area contributed by atoms with Crippen LogP contribution in [0.3, 0.4) is 0 Å². The number of nitrogens with zero attached hydrogens (tertiary/aromatic N) is 3. The van der Waals surface area contributed by atoms with Crippen molar-refractivity contribution in [2.75, 3.05) is 125 Å². The predicted molar refractivity (Wildman–Crippen MR) is 169 cm³/mol. The number of ether oxygens (including phenoxy) is 8. The topological polar surface area (TPSA) is 208 Å². The first-order chi connectivity index (χ1) is 22.5. The third kappa shape index (κ3) is 18.0. The molecule has 2 rings (SSSR count). The van der Waals surface area contributed by atoms with Crippen LogP contribution in [0.15, 0.2) is 32.5 Å². The summed E-state index contributed by atoms with van der Waals surface area (Å²) in [5.41, 5.74) is 15.3. The van der Waals surface area contributed by atoms with Gasteiger partial charge >= 0.3 is 5.63 Å². The number of amides is 1. The maximum absolute atomic E-state index is 12.3. The number of azide groups is 1. The second-order valence-electron chi connectivity index (χ2n) is 9.63. The van der Waals surface area contributed by atoms with Gasteiger partial charge in [-0.15, -0.1) is 0 Å². The number of benzene rings is 1. The van der Waals surface area contributed by atoms with Gasteiger partial charge in [0.2, 0.25) is 5.91 Å². The Morgan fingerprint density at radius 3 is 1.72 bits per heavy atom. The molecule has 2 aromatic rings. The van der Waals surface area contributed by atoms with Crippen molar-refractivity contribution in [2.24, 2.45) is 5.11 Å². The number of nitrogens with two attached hydrogens (primary N) is 1. The van der Waals surface area contributed by atoms with E-state index in [1.165, 1.54) is 0 Å². The molecule has 0 bridgehead atoms. The van der Waals surface area contributed by atoms with E-state index in [1.54, 1.807) is 25.1 Å². The van der Waals surface area contributed by atoms with Crippen LogP contribution in [0.25, 0.3) is 21.4 Å². The molecule has 0 radical (unpaired) electrons. The Labute approximate surface area is 268 Å². The summed E-state index contributed by atoms with van der Waals surface area (Å²) in [7, 11) is 0. The summed E-state index contributed by atoms with van der Waals surface area (Å²) >= 11 is 0. The summed E-state index contributed by atoms with van der Waals surface area (Å²) < 4.78 is 48.6. The zero-order valence-electron chi connectivity index (χ0n) is 26.6. The fourth-order valence-corrected chi connectivity index (χ4v) is 3.89. The Bertz CT molecular complexity index is 1220. The molecule has 16 nitrogen and oxygen atoms in total. The van der Waals surface area contributed by atoms with Crippen molar-refractivity contribution < 1.29 is 47.1 Å². The summed E-state index contributed by atoms with van der Waals surface area (Å²) in [5, 5.41) is 6.86. The minimum atomic E-state index is -0.543. The third-order valence-corrected chi connectivity index (χ3v) is 6.22. The zero-order chi connectivity index (χ0) is 33.1. The summed E-state index contributed by atoms with van der Waals surface area (Å²) in [4.78, 5) is 27.3. The number of hydrogen-bond donors (Lipinski definition) is 2. The smallest absolute Gasteiger partial charge is 0.340 e. The Morgan fingerprint density at radius 2 is 1.24 bits per heavy atom. The van der Waals surface area contributed by atoms with Gasteiger partial charge in [0.1, 0.15) is 5.58 Å². The maximum Gasteiger partial charge on any atom is 0.340 e. The summed E-state index contributed by atoms with van der Waals surface area (Å²) in [6, 6.07) is 5.10. The lowest BCUT2D eigenvalue weighted by molar-refractivity contribution is -0.120. The van der Waals surface area contributed by atoms with Gasteiger partial charge in [0.05, 0.1) is 118 Å². The lowest BCUT2D eigenvalue weighted by Gasteiger charge is -2.10. The Kier molecular flexibility index (Phi) is 21.8. The average molecular weight is 654 g/mol. The molecule has 0 saturated heterocycles. The van der Waals surface area contributed by atoms with Crippen molar-refractivity contribution in [2.45, 2.75) is 13.3 Å². The van der Waals surface area contributed by atoms with Crippen LogP contribution in [-0.4, -0.2) is 125 Å². The van der Waals surface area contributed by atoms with Crippen molar-refractivity contribution in [1.29, 1.82) is 0 Å². The Hall–Kier alpha value is -3.31. The maximum atomic E-state index is 12.3. The number of hydrogen-bond acceptors (Lipinski definition) is 13. The lowest BCUT2D eigenvalue weighted by atomic mass is 10.0. The van der Waals surface area contributed by atoms with Crippen LogP contribution < -0.4 is 16.7 Å². The number of carbonyl (C=O) groups excluding carboxylic acids is 1. The molecule has 16 heteroatoms. The summed E-state index contributed by atoms with van der Waals surface area (Å²) in [5.74, 6) is -0.289. The molecule has 3 N–H and O–H groups in total. The molecule has 258 valence electrons. The van der Waals surface area contributed by atoms with E-state index in [0.29, 0.717) is 141 Å². The van der Waals surface area contributed by atoms with E-state index < -0.39 is 5.63 Å². The zero-order valence-corrected chi connectivity index (χ0v) is 26.6. The fourth-order valence-electron chi connectivity index (χ4n) is 3.89. The van der Waals surface area contributed by atoms with Gasteiger partial charge in [-0.25, -0.2) is 4.79 Å². The first-order valence-corrected chi connectivity index (χ1v) is 15.2. The van der Waals surface area contributed by atoms with Crippen LogP contribution >= 0.6 is 0 Å². The van der Waals surface area contributed by atoms with Gasteiger partial charge in [-0.1, -0.05) is 5.11 Å². The van der Waals surface area contributed by atoms with Gasteiger partial charge in [0, 0.05) is 35.1 Å². The second kappa shape index (κ2) is 25.8. The third-order valence-electron chi connectivity index (χ3n) is 6.22. The van der Waals surface area contributed by atoms with Crippen LogP contribution in [0.4, 0.5) is 5.69 Å². The Balaban J connectivity index is 1.29. The van der Waals surface area contributed by atoms with E-state index in [4.69, 9.17) is 53.6 Å². The minimum Gasteiger partial charge on any atom is -0.422 e. The van der Waals surface area contributed by atoms with Crippen molar-refractivity contribution in [3.05, 3.63) is 50.2 Å². The molecule has 0 atom stereocenters. The molecular formula is C30H47N5O11. The van der Waals surface area contributed by atoms with E-state index in [9.17, 15) is 9.59 Å². The standard InChI is InChI=1S/C30H47N5O11/c1-24-26-3-2-25(31)22-28(26)46-30(37)27(24)23-29(36)33-4-6-38-8-10-40-12-14-42-16-18-44-20-21-45-19-17-43-15-13-41-11-9-39-7-5-34-35-32/h2-3,22H,4-21,23,31H2,1H3,(H,33,36). The largest absolute Gasteiger partial charge is 0.422 e. The molecule has 1 amide bonds. The van der Waals surface area contributed by atoms with Crippen molar-refractivity contribution >= 4 is 22.6 Å². The first-order valence-electron chi connectivity index (χ1n) is 15.2. The molecule has 1 aromatic carbocycles. The number of aryl methyl sites for hydroxylation is 1. The van der Waals surface area contributed by atoms with Crippen molar-refractivity contribution in [3.8, 4) is 0 Å². The molecule has 46 heavy (non-hydrogen) atoms. The highest BCUT2D eigenvalue weighted by Crippen LogP contribution is 2.21.